The van der Waals surface area contributed by atoms with Crippen molar-refractivity contribution in [3.8, 4) is 5.75 Å². The van der Waals surface area contributed by atoms with Gasteiger partial charge in [-0.3, -0.25) is 9.59 Å². The van der Waals surface area contributed by atoms with Crippen molar-refractivity contribution < 1.29 is 19.1 Å². The molecule has 1 aromatic rings. The van der Waals surface area contributed by atoms with Crippen LogP contribution in [-0.4, -0.2) is 44.7 Å². The van der Waals surface area contributed by atoms with E-state index in [0.29, 0.717) is 13.1 Å². The molecule has 2 aliphatic rings. The van der Waals surface area contributed by atoms with Gasteiger partial charge in [0.25, 0.3) is 0 Å². The average Bonchev–Trinajstić information content (AvgIpc) is 3.26. The lowest BCUT2D eigenvalue weighted by Gasteiger charge is -2.27. The molecule has 0 aromatic heterocycles. The number of methoxy groups -OCH3 is 1. The highest BCUT2D eigenvalue weighted by Gasteiger charge is 2.30. The third kappa shape index (κ3) is 5.71. The van der Waals surface area contributed by atoms with Crippen molar-refractivity contribution >= 4 is 11.8 Å². The largest absolute Gasteiger partial charge is 0.496 e. The van der Waals surface area contributed by atoms with E-state index in [9.17, 15) is 9.59 Å². The summed E-state index contributed by atoms with van der Waals surface area (Å²) >= 11 is 0. The summed E-state index contributed by atoms with van der Waals surface area (Å²) in [6.07, 6.45) is 6.15. The van der Waals surface area contributed by atoms with Crippen LogP contribution in [-0.2, 0) is 20.7 Å². The second kappa shape index (κ2) is 10.5. The summed E-state index contributed by atoms with van der Waals surface area (Å²) in [6.45, 7) is 2.01. The van der Waals surface area contributed by atoms with Crippen LogP contribution in [0, 0.1) is 11.8 Å². The summed E-state index contributed by atoms with van der Waals surface area (Å²) in [5, 5.41) is 6.07. The number of hydrogen-bond acceptors (Lipinski definition) is 4. The molecule has 2 N–H and O–H groups in total. The molecule has 6 heteroatoms. The van der Waals surface area contributed by atoms with Crippen LogP contribution in [0.3, 0.4) is 0 Å². The zero-order valence-electron chi connectivity index (χ0n) is 16.7. The minimum Gasteiger partial charge on any atom is -0.496 e. The van der Waals surface area contributed by atoms with E-state index in [1.54, 1.807) is 7.11 Å². The first-order valence-corrected chi connectivity index (χ1v) is 10.5. The predicted molar refractivity (Wildman–Crippen MR) is 107 cm³/mol. The van der Waals surface area contributed by atoms with Gasteiger partial charge in [-0.1, -0.05) is 18.2 Å². The third-order valence-corrected chi connectivity index (χ3v) is 5.88. The highest BCUT2D eigenvalue weighted by Crippen LogP contribution is 2.29. The van der Waals surface area contributed by atoms with Crippen molar-refractivity contribution in [2.45, 2.75) is 51.0 Å². The van der Waals surface area contributed by atoms with Gasteiger partial charge in [-0.2, -0.15) is 0 Å². The number of hydrogen-bond donors (Lipinski definition) is 2. The molecule has 1 heterocycles. The topological polar surface area (TPSA) is 76.7 Å². The molecule has 28 heavy (non-hydrogen) atoms. The molecule has 1 atom stereocenters. The first kappa shape index (κ1) is 20.6. The van der Waals surface area contributed by atoms with Crippen molar-refractivity contribution in [3.05, 3.63) is 29.8 Å². The Bertz CT molecular complexity index is 650. The highest BCUT2D eigenvalue weighted by atomic mass is 16.5. The maximum absolute atomic E-state index is 12.5. The van der Waals surface area contributed by atoms with Gasteiger partial charge < -0.3 is 20.1 Å². The molecule has 1 unspecified atom stereocenters. The van der Waals surface area contributed by atoms with E-state index in [1.807, 2.05) is 24.3 Å². The Hall–Kier alpha value is -2.08. The molecule has 0 spiro atoms. The monoisotopic (exact) mass is 388 g/mol. The summed E-state index contributed by atoms with van der Waals surface area (Å²) < 4.78 is 10.9. The zero-order chi connectivity index (χ0) is 19.8. The van der Waals surface area contributed by atoms with E-state index in [-0.39, 0.29) is 29.8 Å². The van der Waals surface area contributed by atoms with Gasteiger partial charge in [0.05, 0.1) is 13.2 Å². The molecule has 6 nitrogen and oxygen atoms in total. The van der Waals surface area contributed by atoms with E-state index in [4.69, 9.17) is 9.47 Å². The fourth-order valence-corrected chi connectivity index (χ4v) is 4.16. The predicted octanol–water partition coefficient (Wildman–Crippen LogP) is 2.46. The van der Waals surface area contributed by atoms with Gasteiger partial charge >= 0.3 is 0 Å². The van der Waals surface area contributed by atoms with Crippen LogP contribution in [0.2, 0.25) is 0 Å². The number of para-hydroxylation sites is 1. The van der Waals surface area contributed by atoms with Crippen molar-refractivity contribution in [1.82, 2.24) is 10.6 Å². The van der Waals surface area contributed by atoms with Gasteiger partial charge in [0, 0.05) is 31.5 Å². The number of benzene rings is 1. The highest BCUT2D eigenvalue weighted by molar-refractivity contribution is 5.81. The Kier molecular flexibility index (Phi) is 7.71. The number of ether oxygens (including phenoxy) is 2. The van der Waals surface area contributed by atoms with Crippen molar-refractivity contribution in [3.63, 3.8) is 0 Å². The summed E-state index contributed by atoms with van der Waals surface area (Å²) in [5.41, 5.74) is 1.09. The SMILES string of the molecule is COc1ccccc1CCNC(=O)C1CCC(C(=O)NCC2CCCO2)CC1. The number of carbonyl (C=O) groups is 2. The molecule has 3 rings (SSSR count). The first-order chi connectivity index (χ1) is 13.7. The summed E-state index contributed by atoms with van der Waals surface area (Å²) in [5.74, 6) is 1.11. The Morgan fingerprint density at radius 3 is 2.36 bits per heavy atom. The first-order valence-electron chi connectivity index (χ1n) is 10.5. The average molecular weight is 389 g/mol. The van der Waals surface area contributed by atoms with Crippen molar-refractivity contribution in [1.29, 1.82) is 0 Å². The van der Waals surface area contributed by atoms with Crippen LogP contribution in [0.5, 0.6) is 5.75 Å². The lowest BCUT2D eigenvalue weighted by atomic mass is 9.81. The van der Waals surface area contributed by atoms with Crippen molar-refractivity contribution in [2.24, 2.45) is 11.8 Å². The zero-order valence-corrected chi connectivity index (χ0v) is 16.7. The van der Waals surface area contributed by atoms with Gasteiger partial charge in [0.1, 0.15) is 5.75 Å². The Labute approximate surface area is 167 Å². The van der Waals surface area contributed by atoms with Crippen LogP contribution in [0.15, 0.2) is 24.3 Å². The summed E-state index contributed by atoms with van der Waals surface area (Å²) in [6, 6.07) is 7.87. The molecule has 1 aliphatic heterocycles. The van der Waals surface area contributed by atoms with Gasteiger partial charge in [-0.15, -0.1) is 0 Å². The molecule has 154 valence electrons. The Balaban J connectivity index is 1.34. The minimum atomic E-state index is 0.0138. The molecule has 0 radical (unpaired) electrons. The van der Waals surface area contributed by atoms with E-state index in [2.05, 4.69) is 10.6 Å². The molecule has 0 bridgehead atoms. The standard InChI is InChI=1S/C22H32N2O4/c1-27-20-7-3-2-5-16(20)12-13-23-21(25)17-8-10-18(11-9-17)22(26)24-15-19-6-4-14-28-19/h2-3,5,7,17-19H,4,6,8-15H2,1H3,(H,23,25)(H,24,26). The summed E-state index contributed by atoms with van der Waals surface area (Å²) in [4.78, 5) is 24.8. The van der Waals surface area contributed by atoms with Gasteiger partial charge in [-0.05, 0) is 56.6 Å². The molecule has 1 saturated carbocycles. The quantitative estimate of drug-likeness (QED) is 0.717. The lowest BCUT2D eigenvalue weighted by Crippen LogP contribution is -2.40. The Morgan fingerprint density at radius 1 is 1.04 bits per heavy atom. The minimum absolute atomic E-state index is 0.0138. The smallest absolute Gasteiger partial charge is 0.223 e. The fraction of sp³-hybridized carbons (Fsp3) is 0.636. The molecular formula is C22H32N2O4. The van der Waals surface area contributed by atoms with E-state index in [1.165, 1.54) is 0 Å². The van der Waals surface area contributed by atoms with E-state index < -0.39 is 0 Å². The third-order valence-electron chi connectivity index (χ3n) is 5.88. The molecular weight excluding hydrogens is 356 g/mol. The molecule has 1 aliphatic carbocycles. The normalized spacial score (nSPS) is 24.5. The maximum atomic E-state index is 12.5. The maximum Gasteiger partial charge on any atom is 0.223 e. The van der Waals surface area contributed by atoms with Gasteiger partial charge in [0.2, 0.25) is 11.8 Å². The number of carbonyl (C=O) groups excluding carboxylic acids is 2. The number of rotatable bonds is 8. The molecule has 2 amide bonds. The van der Waals surface area contributed by atoms with Crippen LogP contribution in [0.25, 0.3) is 0 Å². The van der Waals surface area contributed by atoms with Gasteiger partial charge in [0.15, 0.2) is 0 Å². The molecule has 1 aromatic carbocycles. The van der Waals surface area contributed by atoms with Crippen molar-refractivity contribution in [2.75, 3.05) is 26.8 Å². The second-order valence-corrected chi connectivity index (χ2v) is 7.78. The lowest BCUT2D eigenvalue weighted by molar-refractivity contribution is -0.130. The van der Waals surface area contributed by atoms with Crippen LogP contribution < -0.4 is 15.4 Å². The number of nitrogens with one attached hydrogen (secondary N) is 2. The van der Waals surface area contributed by atoms with E-state index in [0.717, 1.165) is 62.9 Å². The van der Waals surface area contributed by atoms with E-state index >= 15 is 0 Å². The molecule has 2 fully saturated rings. The summed E-state index contributed by atoms with van der Waals surface area (Å²) in [7, 11) is 1.66. The second-order valence-electron chi connectivity index (χ2n) is 7.78. The molecule has 1 saturated heterocycles. The van der Waals surface area contributed by atoms with Crippen LogP contribution in [0.1, 0.15) is 44.1 Å². The van der Waals surface area contributed by atoms with Crippen LogP contribution >= 0.6 is 0 Å². The Morgan fingerprint density at radius 2 is 1.71 bits per heavy atom. The number of amides is 2. The fourth-order valence-electron chi connectivity index (χ4n) is 4.16. The van der Waals surface area contributed by atoms with Gasteiger partial charge in [-0.25, -0.2) is 0 Å². The van der Waals surface area contributed by atoms with Crippen LogP contribution in [0.4, 0.5) is 0 Å².